The molecule has 0 bridgehead atoms. The molecule has 0 aliphatic carbocycles. The van der Waals surface area contributed by atoms with Crippen molar-refractivity contribution in [1.29, 1.82) is 0 Å². The predicted octanol–water partition coefficient (Wildman–Crippen LogP) is 3.72. The van der Waals surface area contributed by atoms with E-state index in [1.165, 1.54) is 13.4 Å². The number of nitrogens with zero attached hydrogens (tertiary/aromatic N) is 4. The zero-order chi connectivity index (χ0) is 22.2. The molecule has 3 aromatic heterocycles. The Morgan fingerprint density at radius 2 is 2.03 bits per heavy atom. The van der Waals surface area contributed by atoms with Gasteiger partial charge in [0.25, 0.3) is 0 Å². The van der Waals surface area contributed by atoms with Crippen LogP contribution >= 0.6 is 0 Å². The first-order valence-electron chi connectivity index (χ1n) is 9.57. The summed E-state index contributed by atoms with van der Waals surface area (Å²) < 4.78 is 12.5. The Hall–Kier alpha value is -4.08. The van der Waals surface area contributed by atoms with Crippen molar-refractivity contribution < 1.29 is 14.3 Å². The lowest BCUT2D eigenvalue weighted by molar-refractivity contribution is 0.0635. The summed E-state index contributed by atoms with van der Waals surface area (Å²) in [6.45, 7) is 5.40. The molecule has 3 heterocycles. The number of aromatic nitrogens is 5. The van der Waals surface area contributed by atoms with E-state index in [0.717, 1.165) is 22.5 Å². The number of hydrogen-bond donors (Lipinski definition) is 3. The first-order valence-corrected chi connectivity index (χ1v) is 9.57. The number of carbonyl (C=O) groups excluding carboxylic acids is 1. The van der Waals surface area contributed by atoms with Crippen LogP contribution < -0.4 is 15.8 Å². The summed E-state index contributed by atoms with van der Waals surface area (Å²) in [6.07, 6.45) is 2.51. The number of aromatic amines is 1. The number of methoxy groups -OCH3 is 1. The molecule has 0 aliphatic rings. The molecule has 0 aliphatic heterocycles. The van der Waals surface area contributed by atoms with E-state index in [1.54, 1.807) is 37.5 Å². The number of nitrogens with two attached hydrogens (primary N) is 1. The second kappa shape index (κ2) is 7.63. The number of fused-ring (bicyclic) bond motifs is 1. The molecule has 10 nitrogen and oxygen atoms in total. The molecule has 0 saturated heterocycles. The average Bonchev–Trinajstić information content (AvgIpc) is 3.35. The zero-order valence-corrected chi connectivity index (χ0v) is 17.6. The van der Waals surface area contributed by atoms with Crippen LogP contribution in [0.2, 0.25) is 0 Å². The smallest absolute Gasteiger partial charge is 0.412 e. The fourth-order valence-electron chi connectivity index (χ4n) is 3.25. The summed E-state index contributed by atoms with van der Waals surface area (Å²) in [5.74, 6) is 0.812. The van der Waals surface area contributed by atoms with Crippen LogP contribution in [-0.4, -0.2) is 43.6 Å². The molecule has 0 saturated carbocycles. The van der Waals surface area contributed by atoms with Crippen LogP contribution in [0.25, 0.3) is 28.0 Å². The first kappa shape index (κ1) is 20.2. The fraction of sp³-hybridized carbons (Fsp3) is 0.238. The number of hydrogen-bond acceptors (Lipinski definition) is 7. The van der Waals surface area contributed by atoms with Gasteiger partial charge < -0.3 is 15.2 Å². The highest BCUT2D eigenvalue weighted by atomic mass is 16.6. The summed E-state index contributed by atoms with van der Waals surface area (Å²) in [7, 11) is 1.53. The van der Waals surface area contributed by atoms with E-state index >= 15 is 0 Å². The lowest BCUT2D eigenvalue weighted by Crippen LogP contribution is -2.27. The molecule has 4 aromatic rings. The Balaban J connectivity index is 1.78. The highest BCUT2D eigenvalue weighted by molar-refractivity contribution is 5.93. The molecule has 0 unspecified atom stereocenters. The van der Waals surface area contributed by atoms with Gasteiger partial charge in [-0.15, -0.1) is 0 Å². The maximum atomic E-state index is 12.2. The van der Waals surface area contributed by atoms with Crippen molar-refractivity contribution in [1.82, 2.24) is 24.8 Å². The number of amides is 1. The summed E-state index contributed by atoms with van der Waals surface area (Å²) in [5, 5.41) is 14.0. The quantitative estimate of drug-likeness (QED) is 0.457. The predicted molar refractivity (Wildman–Crippen MR) is 117 cm³/mol. The number of H-pyrrole nitrogens is 1. The second-order valence-corrected chi connectivity index (χ2v) is 7.86. The van der Waals surface area contributed by atoms with Gasteiger partial charge in [-0.25, -0.2) is 14.3 Å². The largest absolute Gasteiger partial charge is 0.495 e. The van der Waals surface area contributed by atoms with Crippen LogP contribution in [0.5, 0.6) is 5.75 Å². The Bertz CT molecular complexity index is 1240. The summed E-state index contributed by atoms with van der Waals surface area (Å²) in [4.78, 5) is 16.3. The number of carbonyl (C=O) groups is 1. The SMILES string of the molecule is COc1cc(-c2cc(-c3ccn[nH]3)n3ncnc(N)c23)ccc1NC(=O)OC(C)(C)C. The molecular weight excluding hydrogens is 398 g/mol. The van der Waals surface area contributed by atoms with E-state index in [-0.39, 0.29) is 0 Å². The molecule has 0 atom stereocenters. The third-order valence-electron chi connectivity index (χ3n) is 4.51. The van der Waals surface area contributed by atoms with Crippen molar-refractivity contribution in [3.63, 3.8) is 0 Å². The molecule has 160 valence electrons. The average molecular weight is 421 g/mol. The monoisotopic (exact) mass is 421 g/mol. The minimum Gasteiger partial charge on any atom is -0.495 e. The molecular formula is C21H23N7O3. The number of nitrogens with one attached hydrogen (secondary N) is 2. The van der Waals surface area contributed by atoms with Crippen molar-refractivity contribution in [2.24, 2.45) is 0 Å². The van der Waals surface area contributed by atoms with Crippen LogP contribution in [0.3, 0.4) is 0 Å². The van der Waals surface area contributed by atoms with Gasteiger partial charge in [0, 0.05) is 11.8 Å². The Kier molecular flexibility index (Phi) is 4.97. The van der Waals surface area contributed by atoms with Gasteiger partial charge in [0.15, 0.2) is 5.82 Å². The standard InChI is InChI=1S/C21H23N7O3/c1-21(2,3)31-20(29)26-15-6-5-12(9-17(15)30-4)13-10-16(14-7-8-24-27-14)28-18(13)19(22)23-11-25-28/h5-11H,1-4H3,(H,24,27)(H,26,29)(H2,22,23,25). The van der Waals surface area contributed by atoms with Crippen molar-refractivity contribution in [2.75, 3.05) is 18.2 Å². The maximum Gasteiger partial charge on any atom is 0.412 e. The Morgan fingerprint density at radius 1 is 1.23 bits per heavy atom. The van der Waals surface area contributed by atoms with E-state index in [9.17, 15) is 4.79 Å². The Labute approximate surface area is 178 Å². The van der Waals surface area contributed by atoms with Crippen LogP contribution in [-0.2, 0) is 4.74 Å². The van der Waals surface area contributed by atoms with Gasteiger partial charge >= 0.3 is 6.09 Å². The molecule has 31 heavy (non-hydrogen) atoms. The van der Waals surface area contributed by atoms with Gasteiger partial charge in [-0.05, 0) is 50.6 Å². The van der Waals surface area contributed by atoms with Crippen LogP contribution in [0.1, 0.15) is 20.8 Å². The van der Waals surface area contributed by atoms with Gasteiger partial charge in [0.1, 0.15) is 23.2 Å². The van der Waals surface area contributed by atoms with Gasteiger partial charge in [0.05, 0.1) is 24.2 Å². The van der Waals surface area contributed by atoms with Gasteiger partial charge in [0.2, 0.25) is 0 Å². The molecule has 4 N–H and O–H groups in total. The normalized spacial score (nSPS) is 11.5. The lowest BCUT2D eigenvalue weighted by Gasteiger charge is -2.20. The molecule has 0 spiro atoms. The minimum absolute atomic E-state index is 0.339. The van der Waals surface area contributed by atoms with Crippen molar-refractivity contribution in [3.05, 3.63) is 42.9 Å². The molecule has 1 aromatic carbocycles. The number of benzene rings is 1. The Morgan fingerprint density at radius 3 is 2.71 bits per heavy atom. The lowest BCUT2D eigenvalue weighted by atomic mass is 10.1. The summed E-state index contributed by atoms with van der Waals surface area (Å²) >= 11 is 0. The molecule has 1 amide bonds. The van der Waals surface area contributed by atoms with E-state index in [2.05, 4.69) is 25.6 Å². The van der Waals surface area contributed by atoms with Crippen LogP contribution in [0.4, 0.5) is 16.3 Å². The topological polar surface area (TPSA) is 132 Å². The van der Waals surface area contributed by atoms with E-state index in [4.69, 9.17) is 15.2 Å². The van der Waals surface area contributed by atoms with Gasteiger partial charge in [-0.2, -0.15) is 10.2 Å². The zero-order valence-electron chi connectivity index (χ0n) is 17.6. The molecule has 4 rings (SSSR count). The van der Waals surface area contributed by atoms with E-state index in [1.807, 2.05) is 24.3 Å². The van der Waals surface area contributed by atoms with Gasteiger partial charge in [-0.1, -0.05) is 6.07 Å². The third kappa shape index (κ3) is 4.00. The van der Waals surface area contributed by atoms with Crippen molar-refractivity contribution in [2.45, 2.75) is 26.4 Å². The van der Waals surface area contributed by atoms with E-state index in [0.29, 0.717) is 22.8 Å². The third-order valence-corrected chi connectivity index (χ3v) is 4.51. The van der Waals surface area contributed by atoms with Crippen molar-refractivity contribution >= 4 is 23.1 Å². The maximum absolute atomic E-state index is 12.2. The highest BCUT2D eigenvalue weighted by Gasteiger charge is 2.20. The first-order chi connectivity index (χ1) is 14.8. The fourth-order valence-corrected chi connectivity index (χ4v) is 3.25. The highest BCUT2D eigenvalue weighted by Crippen LogP contribution is 2.37. The summed E-state index contributed by atoms with van der Waals surface area (Å²) in [5.41, 5.74) is 9.91. The number of anilines is 2. The minimum atomic E-state index is -0.608. The van der Waals surface area contributed by atoms with Crippen LogP contribution in [0, 0.1) is 0 Å². The number of ether oxygens (including phenoxy) is 2. The number of nitrogen functional groups attached to an aromatic ring is 1. The summed E-state index contributed by atoms with van der Waals surface area (Å²) in [6, 6.07) is 9.21. The van der Waals surface area contributed by atoms with Crippen molar-refractivity contribution in [3.8, 4) is 28.3 Å². The van der Waals surface area contributed by atoms with Gasteiger partial charge in [-0.3, -0.25) is 10.4 Å². The van der Waals surface area contributed by atoms with Crippen LogP contribution in [0.15, 0.2) is 42.9 Å². The second-order valence-electron chi connectivity index (χ2n) is 7.86. The molecule has 0 radical (unpaired) electrons. The number of rotatable bonds is 4. The molecule has 0 fully saturated rings. The van der Waals surface area contributed by atoms with E-state index < -0.39 is 11.7 Å². The molecule has 10 heteroatoms.